The molecular formula is C15H19NO3S. The van der Waals surface area contributed by atoms with Gasteiger partial charge in [0.1, 0.15) is 0 Å². The second kappa shape index (κ2) is 5.20. The number of benzene rings is 1. The van der Waals surface area contributed by atoms with Gasteiger partial charge >= 0.3 is 0 Å². The lowest BCUT2D eigenvalue weighted by atomic mass is 9.90. The van der Waals surface area contributed by atoms with E-state index in [1.165, 1.54) is 17.5 Å². The largest absolute Gasteiger partial charge is 0.326 e. The second-order valence-corrected chi connectivity index (χ2v) is 7.97. The summed E-state index contributed by atoms with van der Waals surface area (Å²) in [6, 6.07) is 6.00. The topological polar surface area (TPSA) is 63.2 Å². The zero-order valence-corrected chi connectivity index (χ0v) is 12.2. The number of rotatable bonds is 2. The molecule has 1 aromatic carbocycles. The van der Waals surface area contributed by atoms with Crippen LogP contribution in [0.25, 0.3) is 0 Å². The Labute approximate surface area is 119 Å². The molecule has 0 radical (unpaired) electrons. The monoisotopic (exact) mass is 293 g/mol. The summed E-state index contributed by atoms with van der Waals surface area (Å²) in [5.41, 5.74) is 3.41. The minimum absolute atomic E-state index is 0.00609. The second-order valence-electron chi connectivity index (χ2n) is 5.74. The van der Waals surface area contributed by atoms with Crippen molar-refractivity contribution in [2.45, 2.75) is 32.1 Å². The molecule has 1 aromatic rings. The third kappa shape index (κ3) is 2.73. The van der Waals surface area contributed by atoms with E-state index in [1.54, 1.807) is 0 Å². The number of nitrogens with one attached hydrogen (secondary N) is 1. The predicted octanol–water partition coefficient (Wildman–Crippen LogP) is 1.94. The van der Waals surface area contributed by atoms with Crippen molar-refractivity contribution in [3.8, 4) is 0 Å². The Hall–Kier alpha value is -1.36. The van der Waals surface area contributed by atoms with E-state index in [0.717, 1.165) is 24.9 Å². The van der Waals surface area contributed by atoms with E-state index >= 15 is 0 Å². The van der Waals surface area contributed by atoms with Crippen molar-refractivity contribution in [1.82, 2.24) is 0 Å². The maximum atomic E-state index is 12.2. The van der Waals surface area contributed by atoms with Crippen LogP contribution in [0.2, 0.25) is 0 Å². The Balaban J connectivity index is 1.77. The van der Waals surface area contributed by atoms with Gasteiger partial charge in [0.25, 0.3) is 0 Å². The maximum Gasteiger partial charge on any atom is 0.228 e. The number of aryl methyl sites for hydroxylation is 1. The smallest absolute Gasteiger partial charge is 0.228 e. The van der Waals surface area contributed by atoms with E-state index in [-0.39, 0.29) is 23.3 Å². The molecule has 20 heavy (non-hydrogen) atoms. The Bertz CT molecular complexity index is 637. The third-order valence-electron chi connectivity index (χ3n) is 4.26. The fraction of sp³-hybridized carbons (Fsp3) is 0.533. The van der Waals surface area contributed by atoms with Crippen molar-refractivity contribution in [2.75, 3.05) is 16.8 Å². The van der Waals surface area contributed by atoms with Crippen LogP contribution in [0.4, 0.5) is 5.69 Å². The van der Waals surface area contributed by atoms with Gasteiger partial charge in [-0.05, 0) is 49.3 Å². The van der Waals surface area contributed by atoms with Gasteiger partial charge < -0.3 is 5.32 Å². The Kier molecular flexibility index (Phi) is 3.54. The standard InChI is InChI=1S/C15H19NO3S/c17-15(12-8-9-20(18,19)10-12)16-14-7-3-5-11-4-1-2-6-13(11)14/h3,5,7,12H,1-2,4,6,8-10H2,(H,16,17)/t12-/m0/s1. The van der Waals surface area contributed by atoms with Gasteiger partial charge in [-0.3, -0.25) is 4.79 Å². The first kappa shape index (κ1) is 13.6. The maximum absolute atomic E-state index is 12.2. The predicted molar refractivity (Wildman–Crippen MR) is 78.5 cm³/mol. The lowest BCUT2D eigenvalue weighted by Gasteiger charge is -2.20. The first-order valence-electron chi connectivity index (χ1n) is 7.17. The molecule has 0 aromatic heterocycles. The van der Waals surface area contributed by atoms with Crippen LogP contribution in [-0.4, -0.2) is 25.8 Å². The first-order valence-corrected chi connectivity index (χ1v) is 8.99. The van der Waals surface area contributed by atoms with Crippen LogP contribution in [0.5, 0.6) is 0 Å². The number of carbonyl (C=O) groups excluding carboxylic acids is 1. The fourth-order valence-electron chi connectivity index (χ4n) is 3.14. The fourth-order valence-corrected chi connectivity index (χ4v) is 4.88. The Morgan fingerprint density at radius 1 is 1.20 bits per heavy atom. The van der Waals surface area contributed by atoms with Gasteiger partial charge in [-0.2, -0.15) is 0 Å². The minimum atomic E-state index is -3.01. The van der Waals surface area contributed by atoms with Crippen LogP contribution in [0.3, 0.4) is 0 Å². The van der Waals surface area contributed by atoms with Crippen molar-refractivity contribution >= 4 is 21.4 Å². The molecule has 1 saturated heterocycles. The summed E-state index contributed by atoms with van der Waals surface area (Å²) in [5.74, 6) is -0.407. The average molecular weight is 293 g/mol. The summed E-state index contributed by atoms with van der Waals surface area (Å²) >= 11 is 0. The van der Waals surface area contributed by atoms with Gasteiger partial charge in [-0.1, -0.05) is 12.1 Å². The Morgan fingerprint density at radius 2 is 2.00 bits per heavy atom. The highest BCUT2D eigenvalue weighted by Gasteiger charge is 2.33. The average Bonchev–Trinajstić information content (AvgIpc) is 2.80. The van der Waals surface area contributed by atoms with E-state index in [0.29, 0.717) is 6.42 Å². The molecule has 0 saturated carbocycles. The number of fused-ring (bicyclic) bond motifs is 1. The van der Waals surface area contributed by atoms with Gasteiger partial charge in [0.2, 0.25) is 5.91 Å². The molecule has 108 valence electrons. The van der Waals surface area contributed by atoms with Crippen LogP contribution in [0.15, 0.2) is 18.2 Å². The number of sulfone groups is 1. The molecule has 1 aliphatic heterocycles. The van der Waals surface area contributed by atoms with Crippen LogP contribution < -0.4 is 5.32 Å². The molecule has 1 fully saturated rings. The van der Waals surface area contributed by atoms with Crippen molar-refractivity contribution in [3.63, 3.8) is 0 Å². The third-order valence-corrected chi connectivity index (χ3v) is 6.02. The molecular weight excluding hydrogens is 274 g/mol. The highest BCUT2D eigenvalue weighted by molar-refractivity contribution is 7.91. The van der Waals surface area contributed by atoms with Gasteiger partial charge in [0.05, 0.1) is 17.4 Å². The van der Waals surface area contributed by atoms with E-state index in [2.05, 4.69) is 11.4 Å². The number of carbonyl (C=O) groups is 1. The van der Waals surface area contributed by atoms with Gasteiger partial charge in [0, 0.05) is 5.69 Å². The lowest BCUT2D eigenvalue weighted by Crippen LogP contribution is -2.24. The van der Waals surface area contributed by atoms with Crippen molar-refractivity contribution in [1.29, 1.82) is 0 Å². The van der Waals surface area contributed by atoms with Gasteiger partial charge in [-0.15, -0.1) is 0 Å². The quantitative estimate of drug-likeness (QED) is 0.906. The van der Waals surface area contributed by atoms with Crippen LogP contribution >= 0.6 is 0 Å². The van der Waals surface area contributed by atoms with Crippen molar-refractivity contribution < 1.29 is 13.2 Å². The zero-order valence-electron chi connectivity index (χ0n) is 11.4. The molecule has 0 unspecified atom stereocenters. The van der Waals surface area contributed by atoms with E-state index in [4.69, 9.17) is 0 Å². The molecule has 0 spiro atoms. The highest BCUT2D eigenvalue weighted by atomic mass is 32.2. The van der Waals surface area contributed by atoms with Crippen molar-refractivity contribution in [2.24, 2.45) is 5.92 Å². The van der Waals surface area contributed by atoms with E-state index in [1.807, 2.05) is 12.1 Å². The first-order chi connectivity index (χ1) is 9.55. The molecule has 1 aliphatic carbocycles. The van der Waals surface area contributed by atoms with Crippen LogP contribution in [0, 0.1) is 5.92 Å². The molecule has 0 bridgehead atoms. The van der Waals surface area contributed by atoms with E-state index < -0.39 is 9.84 Å². The molecule has 2 aliphatic rings. The van der Waals surface area contributed by atoms with E-state index in [9.17, 15) is 13.2 Å². The Morgan fingerprint density at radius 3 is 2.75 bits per heavy atom. The summed E-state index contributed by atoms with van der Waals surface area (Å²) in [6.07, 6.45) is 4.86. The number of anilines is 1. The summed E-state index contributed by atoms with van der Waals surface area (Å²) in [6.45, 7) is 0. The van der Waals surface area contributed by atoms with Crippen LogP contribution in [0.1, 0.15) is 30.4 Å². The summed E-state index contributed by atoms with van der Waals surface area (Å²) in [7, 11) is -3.01. The van der Waals surface area contributed by atoms with Crippen molar-refractivity contribution in [3.05, 3.63) is 29.3 Å². The van der Waals surface area contributed by atoms with Gasteiger partial charge in [-0.25, -0.2) is 8.42 Å². The number of hydrogen-bond donors (Lipinski definition) is 1. The molecule has 1 amide bonds. The van der Waals surface area contributed by atoms with Gasteiger partial charge in [0.15, 0.2) is 9.84 Å². The number of amides is 1. The highest BCUT2D eigenvalue weighted by Crippen LogP contribution is 2.29. The molecule has 5 heteroatoms. The minimum Gasteiger partial charge on any atom is -0.326 e. The summed E-state index contributed by atoms with van der Waals surface area (Å²) in [4.78, 5) is 12.2. The molecule has 1 N–H and O–H groups in total. The molecule has 4 nitrogen and oxygen atoms in total. The molecule has 1 heterocycles. The molecule has 1 atom stereocenters. The lowest BCUT2D eigenvalue weighted by molar-refractivity contribution is -0.119. The zero-order chi connectivity index (χ0) is 14.2. The molecule has 3 rings (SSSR count). The SMILES string of the molecule is O=C(Nc1cccc2c1CCCC2)[C@H]1CCS(=O)(=O)C1. The van der Waals surface area contributed by atoms with Crippen LogP contribution in [-0.2, 0) is 27.5 Å². The summed E-state index contributed by atoms with van der Waals surface area (Å²) < 4.78 is 22.9. The number of hydrogen-bond acceptors (Lipinski definition) is 3. The summed E-state index contributed by atoms with van der Waals surface area (Å²) in [5, 5.41) is 2.95. The normalized spacial score (nSPS) is 24.1.